The molecule has 0 bridgehead atoms. The predicted molar refractivity (Wildman–Crippen MR) is 92.1 cm³/mol. The number of hydrogen-bond donors (Lipinski definition) is 1. The summed E-state index contributed by atoms with van der Waals surface area (Å²) in [6.45, 7) is 5.15. The molecule has 0 saturated heterocycles. The van der Waals surface area contributed by atoms with E-state index in [9.17, 15) is 4.39 Å². The van der Waals surface area contributed by atoms with E-state index in [1.54, 1.807) is 17.8 Å². The van der Waals surface area contributed by atoms with Gasteiger partial charge in [0.25, 0.3) is 0 Å². The third-order valence-corrected chi connectivity index (χ3v) is 4.59. The molecule has 1 N–H and O–H groups in total. The van der Waals surface area contributed by atoms with Crippen LogP contribution in [-0.4, -0.2) is 6.04 Å². The first-order chi connectivity index (χ1) is 10.0. The van der Waals surface area contributed by atoms with Crippen molar-refractivity contribution in [2.45, 2.75) is 37.1 Å². The van der Waals surface area contributed by atoms with E-state index in [0.717, 1.165) is 21.5 Å². The maximum Gasteiger partial charge on any atom is 0.127 e. The molecule has 0 heterocycles. The van der Waals surface area contributed by atoms with E-state index < -0.39 is 0 Å². The maximum absolute atomic E-state index is 13.7. The Morgan fingerprint density at radius 3 is 2.52 bits per heavy atom. The molecule has 0 aromatic heterocycles. The smallest absolute Gasteiger partial charge is 0.127 e. The molecule has 0 radical (unpaired) electrons. The SMILES string of the molecule is CC(C)NCc1ccc(SCc2cc(Br)ccc2F)cc1. The summed E-state index contributed by atoms with van der Waals surface area (Å²) < 4.78 is 14.6. The minimum atomic E-state index is -0.150. The maximum atomic E-state index is 13.7. The predicted octanol–water partition coefficient (Wildman–Crippen LogP) is 5.38. The number of benzene rings is 2. The van der Waals surface area contributed by atoms with Crippen molar-refractivity contribution in [1.82, 2.24) is 5.32 Å². The first-order valence-electron chi connectivity index (χ1n) is 6.93. The van der Waals surface area contributed by atoms with Crippen LogP contribution in [0.3, 0.4) is 0 Å². The van der Waals surface area contributed by atoms with Crippen LogP contribution in [0.5, 0.6) is 0 Å². The fourth-order valence-electron chi connectivity index (χ4n) is 1.84. The number of thioether (sulfide) groups is 1. The highest BCUT2D eigenvalue weighted by molar-refractivity contribution is 9.10. The van der Waals surface area contributed by atoms with Gasteiger partial charge in [-0.05, 0) is 41.5 Å². The molecule has 4 heteroatoms. The highest BCUT2D eigenvalue weighted by Gasteiger charge is 2.04. The fourth-order valence-corrected chi connectivity index (χ4v) is 3.12. The summed E-state index contributed by atoms with van der Waals surface area (Å²) in [5.41, 5.74) is 1.99. The van der Waals surface area contributed by atoms with Crippen molar-refractivity contribution >= 4 is 27.7 Å². The minimum absolute atomic E-state index is 0.150. The van der Waals surface area contributed by atoms with Crippen LogP contribution in [0.15, 0.2) is 51.8 Å². The van der Waals surface area contributed by atoms with Gasteiger partial charge in [0, 0.05) is 27.7 Å². The summed E-state index contributed by atoms with van der Waals surface area (Å²) >= 11 is 5.03. The average Bonchev–Trinajstić information content (AvgIpc) is 2.47. The molecule has 2 aromatic rings. The quantitative estimate of drug-likeness (QED) is 0.687. The summed E-state index contributed by atoms with van der Waals surface area (Å²) in [6, 6.07) is 14.0. The van der Waals surface area contributed by atoms with E-state index >= 15 is 0 Å². The van der Waals surface area contributed by atoms with Gasteiger partial charge in [0.2, 0.25) is 0 Å². The van der Waals surface area contributed by atoms with Gasteiger partial charge in [0.1, 0.15) is 5.82 Å². The Hall–Kier alpha value is -0.840. The highest BCUT2D eigenvalue weighted by atomic mass is 79.9. The van der Waals surface area contributed by atoms with Crippen LogP contribution in [0.25, 0.3) is 0 Å². The van der Waals surface area contributed by atoms with Crippen molar-refractivity contribution in [2.24, 2.45) is 0 Å². The van der Waals surface area contributed by atoms with Crippen LogP contribution in [-0.2, 0) is 12.3 Å². The largest absolute Gasteiger partial charge is 0.310 e. The van der Waals surface area contributed by atoms with E-state index in [1.165, 1.54) is 11.6 Å². The summed E-state index contributed by atoms with van der Waals surface area (Å²) in [6.07, 6.45) is 0. The molecule has 0 aliphatic heterocycles. The monoisotopic (exact) mass is 367 g/mol. The van der Waals surface area contributed by atoms with Gasteiger partial charge in [-0.25, -0.2) is 4.39 Å². The lowest BCUT2D eigenvalue weighted by Gasteiger charge is -2.09. The number of hydrogen-bond acceptors (Lipinski definition) is 2. The van der Waals surface area contributed by atoms with Gasteiger partial charge in [-0.2, -0.15) is 0 Å². The first-order valence-corrected chi connectivity index (χ1v) is 8.71. The van der Waals surface area contributed by atoms with Gasteiger partial charge in [0.05, 0.1) is 0 Å². The van der Waals surface area contributed by atoms with Crippen molar-refractivity contribution in [3.05, 3.63) is 63.9 Å². The van der Waals surface area contributed by atoms with Gasteiger partial charge < -0.3 is 5.32 Å². The topological polar surface area (TPSA) is 12.0 Å². The second kappa shape index (κ2) is 7.97. The molecule has 0 atom stereocenters. The molecule has 0 spiro atoms. The molecule has 112 valence electrons. The average molecular weight is 368 g/mol. The Labute approximate surface area is 138 Å². The summed E-state index contributed by atoms with van der Waals surface area (Å²) in [5, 5.41) is 3.39. The van der Waals surface area contributed by atoms with Crippen LogP contribution in [0, 0.1) is 5.82 Å². The molecule has 2 rings (SSSR count). The Balaban J connectivity index is 1.93. The lowest BCUT2D eigenvalue weighted by atomic mass is 10.2. The summed E-state index contributed by atoms with van der Waals surface area (Å²) in [4.78, 5) is 1.16. The van der Waals surface area contributed by atoms with Crippen molar-refractivity contribution in [2.75, 3.05) is 0 Å². The molecule has 0 unspecified atom stereocenters. The zero-order valence-electron chi connectivity index (χ0n) is 12.2. The Bertz CT molecular complexity index is 584. The Kier molecular flexibility index (Phi) is 6.27. The van der Waals surface area contributed by atoms with E-state index in [0.29, 0.717) is 11.8 Å². The zero-order valence-corrected chi connectivity index (χ0v) is 14.6. The Morgan fingerprint density at radius 2 is 1.86 bits per heavy atom. The molecule has 21 heavy (non-hydrogen) atoms. The second-order valence-electron chi connectivity index (χ2n) is 5.20. The number of rotatable bonds is 6. The normalized spacial score (nSPS) is 11.1. The minimum Gasteiger partial charge on any atom is -0.310 e. The molecule has 1 nitrogen and oxygen atoms in total. The molecule has 0 aliphatic rings. The van der Waals surface area contributed by atoms with Crippen LogP contribution < -0.4 is 5.32 Å². The third-order valence-electron chi connectivity index (χ3n) is 3.04. The van der Waals surface area contributed by atoms with E-state index in [1.807, 2.05) is 6.07 Å². The van der Waals surface area contributed by atoms with E-state index in [4.69, 9.17) is 0 Å². The van der Waals surface area contributed by atoms with Crippen LogP contribution in [0.1, 0.15) is 25.0 Å². The second-order valence-corrected chi connectivity index (χ2v) is 7.17. The molecular weight excluding hydrogens is 349 g/mol. The third kappa shape index (κ3) is 5.46. The number of halogens is 2. The highest BCUT2D eigenvalue weighted by Crippen LogP contribution is 2.26. The first kappa shape index (κ1) is 16.5. The number of nitrogens with one attached hydrogen (secondary N) is 1. The van der Waals surface area contributed by atoms with Crippen molar-refractivity contribution < 1.29 is 4.39 Å². The lowest BCUT2D eigenvalue weighted by Crippen LogP contribution is -2.21. The van der Waals surface area contributed by atoms with Gasteiger partial charge in [-0.3, -0.25) is 0 Å². The van der Waals surface area contributed by atoms with Crippen LogP contribution >= 0.6 is 27.7 Å². The zero-order chi connectivity index (χ0) is 15.2. The van der Waals surface area contributed by atoms with Crippen molar-refractivity contribution in [1.29, 1.82) is 0 Å². The van der Waals surface area contributed by atoms with Gasteiger partial charge in [-0.1, -0.05) is 41.9 Å². The summed E-state index contributed by atoms with van der Waals surface area (Å²) in [7, 11) is 0. The van der Waals surface area contributed by atoms with Gasteiger partial charge in [-0.15, -0.1) is 11.8 Å². The molecular formula is C17H19BrFNS. The summed E-state index contributed by atoms with van der Waals surface area (Å²) in [5.74, 6) is 0.484. The van der Waals surface area contributed by atoms with Crippen LogP contribution in [0.2, 0.25) is 0 Å². The van der Waals surface area contributed by atoms with Gasteiger partial charge >= 0.3 is 0 Å². The molecule has 2 aromatic carbocycles. The van der Waals surface area contributed by atoms with E-state index in [2.05, 4.69) is 59.4 Å². The standard InChI is InChI=1S/C17H19BrFNS/c1-12(2)20-10-13-3-6-16(7-4-13)21-11-14-9-15(18)5-8-17(14)19/h3-9,12,20H,10-11H2,1-2H3. The lowest BCUT2D eigenvalue weighted by molar-refractivity contribution is 0.588. The molecule has 0 fully saturated rings. The Morgan fingerprint density at radius 1 is 1.14 bits per heavy atom. The van der Waals surface area contributed by atoms with E-state index in [-0.39, 0.29) is 5.82 Å². The van der Waals surface area contributed by atoms with Crippen molar-refractivity contribution in [3.63, 3.8) is 0 Å². The van der Waals surface area contributed by atoms with Crippen molar-refractivity contribution in [3.8, 4) is 0 Å². The molecule has 0 saturated carbocycles. The fraction of sp³-hybridized carbons (Fsp3) is 0.294. The van der Waals surface area contributed by atoms with Crippen LogP contribution in [0.4, 0.5) is 4.39 Å². The molecule has 0 aliphatic carbocycles. The van der Waals surface area contributed by atoms with Gasteiger partial charge in [0.15, 0.2) is 0 Å². The molecule has 0 amide bonds.